The molecule has 0 aliphatic carbocycles. The number of carbonyl (C=O) groups is 3. The van der Waals surface area contributed by atoms with Crippen molar-refractivity contribution < 1.29 is 34.4 Å². The van der Waals surface area contributed by atoms with Gasteiger partial charge in [-0.25, -0.2) is 14.4 Å². The quantitative estimate of drug-likeness (QED) is 0.652. The van der Waals surface area contributed by atoms with Gasteiger partial charge >= 0.3 is 18.0 Å². The summed E-state index contributed by atoms with van der Waals surface area (Å²) >= 11 is 0. The van der Waals surface area contributed by atoms with Crippen molar-refractivity contribution in [1.29, 1.82) is 0 Å². The van der Waals surface area contributed by atoms with E-state index in [0.29, 0.717) is 0 Å². The Hall–Kier alpha value is -1.83. The van der Waals surface area contributed by atoms with Gasteiger partial charge in [0.25, 0.3) is 0 Å². The summed E-state index contributed by atoms with van der Waals surface area (Å²) in [6.07, 6.45) is -3.40. The van der Waals surface area contributed by atoms with Crippen LogP contribution in [0.5, 0.6) is 0 Å². The Labute approximate surface area is 110 Å². The van der Waals surface area contributed by atoms with Gasteiger partial charge in [0.05, 0.1) is 0 Å². The molecule has 0 saturated carbocycles. The topological polar surface area (TPSA) is 124 Å². The Morgan fingerprint density at radius 1 is 1.16 bits per heavy atom. The highest BCUT2D eigenvalue weighted by atomic mass is 16.6. The van der Waals surface area contributed by atoms with Crippen LogP contribution in [0.25, 0.3) is 0 Å². The summed E-state index contributed by atoms with van der Waals surface area (Å²) in [5.41, 5.74) is -0.806. The number of carboxylic acids is 2. The third kappa shape index (κ3) is 6.05. The second kappa shape index (κ2) is 6.37. The number of carbonyl (C=O) groups excluding carboxylic acids is 1. The van der Waals surface area contributed by atoms with E-state index in [1.165, 1.54) is 7.05 Å². The number of aliphatic hydroxyl groups excluding tert-OH is 1. The summed E-state index contributed by atoms with van der Waals surface area (Å²) in [5.74, 6) is -2.97. The summed E-state index contributed by atoms with van der Waals surface area (Å²) in [6.45, 7) is 4.84. The monoisotopic (exact) mass is 277 g/mol. The molecule has 110 valence electrons. The molecule has 0 bridgehead atoms. The zero-order valence-corrected chi connectivity index (χ0v) is 11.3. The summed E-state index contributed by atoms with van der Waals surface area (Å²) in [7, 11) is 1.17. The lowest BCUT2D eigenvalue weighted by atomic mass is 10.1. The van der Waals surface area contributed by atoms with Crippen molar-refractivity contribution in [3.8, 4) is 0 Å². The zero-order chi connectivity index (χ0) is 15.4. The van der Waals surface area contributed by atoms with Crippen LogP contribution in [0.4, 0.5) is 4.79 Å². The summed E-state index contributed by atoms with van der Waals surface area (Å²) in [5, 5.41) is 26.7. The second-order valence-corrected chi connectivity index (χ2v) is 5.04. The van der Waals surface area contributed by atoms with Gasteiger partial charge in [-0.2, -0.15) is 0 Å². The van der Waals surface area contributed by atoms with E-state index in [4.69, 9.17) is 20.1 Å². The minimum absolute atomic E-state index is 0.625. The molecule has 8 heteroatoms. The molecule has 0 fully saturated rings. The first-order chi connectivity index (χ1) is 8.45. The van der Waals surface area contributed by atoms with Gasteiger partial charge in [-0.1, -0.05) is 0 Å². The molecule has 0 rings (SSSR count). The minimum Gasteiger partial charge on any atom is -0.480 e. The Balaban J connectivity index is 4.85. The highest BCUT2D eigenvalue weighted by Crippen LogP contribution is 2.13. The highest BCUT2D eigenvalue weighted by Gasteiger charge is 2.33. The van der Waals surface area contributed by atoms with Crippen LogP contribution in [0.1, 0.15) is 27.2 Å². The van der Waals surface area contributed by atoms with Crippen LogP contribution < -0.4 is 0 Å². The molecular weight excluding hydrogens is 258 g/mol. The van der Waals surface area contributed by atoms with Crippen LogP contribution in [0.15, 0.2) is 0 Å². The van der Waals surface area contributed by atoms with Gasteiger partial charge in [0, 0.05) is 13.5 Å². The fraction of sp³-hybridized carbons (Fsp3) is 0.727. The van der Waals surface area contributed by atoms with E-state index >= 15 is 0 Å². The summed E-state index contributed by atoms with van der Waals surface area (Å²) in [4.78, 5) is 33.9. The maximum atomic E-state index is 11.7. The molecule has 2 atom stereocenters. The highest BCUT2D eigenvalue weighted by molar-refractivity contribution is 5.81. The van der Waals surface area contributed by atoms with Crippen molar-refractivity contribution in [2.45, 2.75) is 44.9 Å². The van der Waals surface area contributed by atoms with Crippen LogP contribution in [-0.4, -0.2) is 63.0 Å². The second-order valence-electron chi connectivity index (χ2n) is 5.04. The molecule has 19 heavy (non-hydrogen) atoms. The first-order valence-corrected chi connectivity index (χ1v) is 5.55. The molecule has 0 aromatic rings. The van der Waals surface area contributed by atoms with Gasteiger partial charge in [-0.15, -0.1) is 0 Å². The van der Waals surface area contributed by atoms with E-state index in [0.717, 1.165) is 4.90 Å². The third-order valence-corrected chi connectivity index (χ3v) is 2.17. The van der Waals surface area contributed by atoms with Crippen LogP contribution >= 0.6 is 0 Å². The molecule has 0 spiro atoms. The minimum atomic E-state index is -1.87. The SMILES string of the molecule is CN(C(=O)OC(C)(C)C)[C@@H](C[C@@H](O)C(=O)O)C(=O)O. The van der Waals surface area contributed by atoms with Gasteiger partial charge in [0.15, 0.2) is 6.10 Å². The molecule has 1 amide bonds. The first-order valence-electron chi connectivity index (χ1n) is 5.55. The number of nitrogens with zero attached hydrogens (tertiary/aromatic N) is 1. The first kappa shape index (κ1) is 17.2. The lowest BCUT2D eigenvalue weighted by Crippen LogP contribution is -2.47. The number of hydrogen-bond donors (Lipinski definition) is 3. The van der Waals surface area contributed by atoms with Crippen molar-refractivity contribution in [3.05, 3.63) is 0 Å². The molecule has 0 aromatic heterocycles. The zero-order valence-electron chi connectivity index (χ0n) is 11.3. The maximum Gasteiger partial charge on any atom is 0.410 e. The smallest absolute Gasteiger partial charge is 0.410 e. The van der Waals surface area contributed by atoms with E-state index in [1.54, 1.807) is 20.8 Å². The maximum absolute atomic E-state index is 11.7. The number of aliphatic hydroxyl groups is 1. The van der Waals surface area contributed by atoms with Gasteiger partial charge in [0.1, 0.15) is 11.6 Å². The molecule has 0 heterocycles. The van der Waals surface area contributed by atoms with Crippen molar-refractivity contribution in [1.82, 2.24) is 4.90 Å². The van der Waals surface area contributed by atoms with Crippen LogP contribution in [0.2, 0.25) is 0 Å². The standard InChI is InChI=1S/C11H19NO7/c1-11(2,3)19-10(18)12(4)6(8(14)15)5-7(13)9(16)17/h6-7,13H,5H2,1-4H3,(H,14,15)(H,16,17)/t6-,7+/m0/s1. The number of rotatable bonds is 5. The lowest BCUT2D eigenvalue weighted by Gasteiger charge is -2.28. The van der Waals surface area contributed by atoms with Crippen molar-refractivity contribution >= 4 is 18.0 Å². The third-order valence-electron chi connectivity index (χ3n) is 2.17. The van der Waals surface area contributed by atoms with E-state index in [-0.39, 0.29) is 0 Å². The molecule has 0 aliphatic heterocycles. The van der Waals surface area contributed by atoms with E-state index < -0.39 is 42.2 Å². The molecule has 3 N–H and O–H groups in total. The number of likely N-dealkylation sites (N-methyl/N-ethyl adjacent to an activating group) is 1. The van der Waals surface area contributed by atoms with Crippen LogP contribution in [0.3, 0.4) is 0 Å². The van der Waals surface area contributed by atoms with Gasteiger partial charge in [-0.05, 0) is 20.8 Å². The Bertz CT molecular complexity index is 361. The molecule has 0 unspecified atom stereocenters. The fourth-order valence-electron chi connectivity index (χ4n) is 1.20. The molecule has 0 aromatic carbocycles. The van der Waals surface area contributed by atoms with E-state index in [9.17, 15) is 14.4 Å². The van der Waals surface area contributed by atoms with Gasteiger partial charge in [-0.3, -0.25) is 4.90 Å². The molecule has 0 radical (unpaired) electrons. The summed E-state index contributed by atoms with van der Waals surface area (Å²) < 4.78 is 4.97. The largest absolute Gasteiger partial charge is 0.480 e. The number of amides is 1. The normalized spacial score (nSPS) is 14.4. The average molecular weight is 277 g/mol. The molecule has 0 aliphatic rings. The van der Waals surface area contributed by atoms with Crippen molar-refractivity contribution in [2.24, 2.45) is 0 Å². The fourth-order valence-corrected chi connectivity index (χ4v) is 1.20. The van der Waals surface area contributed by atoms with Crippen molar-refractivity contribution in [3.63, 3.8) is 0 Å². The lowest BCUT2D eigenvalue weighted by molar-refractivity contribution is -0.150. The number of carboxylic acid groups (broad SMARTS) is 2. The van der Waals surface area contributed by atoms with Crippen molar-refractivity contribution in [2.75, 3.05) is 7.05 Å². The molecule has 0 saturated heterocycles. The Morgan fingerprint density at radius 3 is 1.95 bits per heavy atom. The van der Waals surface area contributed by atoms with Crippen LogP contribution in [0, 0.1) is 0 Å². The number of aliphatic carboxylic acids is 2. The van der Waals surface area contributed by atoms with Crippen LogP contribution in [-0.2, 0) is 14.3 Å². The molecule has 8 nitrogen and oxygen atoms in total. The Kier molecular flexibility index (Phi) is 5.76. The summed E-state index contributed by atoms with van der Waals surface area (Å²) in [6, 6.07) is -1.49. The number of ether oxygens (including phenoxy) is 1. The predicted molar refractivity (Wildman–Crippen MR) is 63.7 cm³/mol. The van der Waals surface area contributed by atoms with E-state index in [2.05, 4.69) is 0 Å². The van der Waals surface area contributed by atoms with Gasteiger partial charge < -0.3 is 20.1 Å². The van der Waals surface area contributed by atoms with Gasteiger partial charge in [0.2, 0.25) is 0 Å². The number of hydrogen-bond acceptors (Lipinski definition) is 5. The molecular formula is C11H19NO7. The Morgan fingerprint density at radius 2 is 1.63 bits per heavy atom. The predicted octanol–water partition coefficient (Wildman–Crippen LogP) is 0.142. The van der Waals surface area contributed by atoms with E-state index in [1.807, 2.05) is 0 Å². The average Bonchev–Trinajstić information content (AvgIpc) is 2.21.